The van der Waals surface area contributed by atoms with Gasteiger partial charge in [-0.15, -0.1) is 0 Å². The average molecular weight is 343 g/mol. The number of nitrogens with zero attached hydrogens (tertiary/aromatic N) is 1. The van der Waals surface area contributed by atoms with Crippen molar-refractivity contribution in [2.45, 2.75) is 59.5 Å². The van der Waals surface area contributed by atoms with Crippen LogP contribution in [0.15, 0.2) is 30.5 Å². The highest BCUT2D eigenvalue weighted by Crippen LogP contribution is 2.24. The molecule has 1 aromatic heterocycles. The van der Waals surface area contributed by atoms with E-state index in [1.54, 1.807) is 0 Å². The van der Waals surface area contributed by atoms with Crippen molar-refractivity contribution in [3.05, 3.63) is 36.0 Å². The molecule has 0 saturated heterocycles. The highest BCUT2D eigenvalue weighted by Gasteiger charge is 2.32. The maximum atomic E-state index is 12.8. The summed E-state index contributed by atoms with van der Waals surface area (Å²) in [5, 5.41) is 3.72. The van der Waals surface area contributed by atoms with Gasteiger partial charge >= 0.3 is 0 Å². The van der Waals surface area contributed by atoms with E-state index in [1.807, 2.05) is 51.2 Å². The van der Waals surface area contributed by atoms with E-state index in [4.69, 9.17) is 5.73 Å². The number of nitrogens with one attached hydrogen (secondary N) is 1. The zero-order valence-electron chi connectivity index (χ0n) is 15.6. The number of aryl methyl sites for hydroxylation is 1. The van der Waals surface area contributed by atoms with Gasteiger partial charge < -0.3 is 15.6 Å². The first kappa shape index (κ1) is 19.0. The van der Waals surface area contributed by atoms with Gasteiger partial charge in [0.25, 0.3) is 5.91 Å². The summed E-state index contributed by atoms with van der Waals surface area (Å²) in [7, 11) is 0. The zero-order valence-corrected chi connectivity index (χ0v) is 15.6. The van der Waals surface area contributed by atoms with Crippen LogP contribution in [0.5, 0.6) is 0 Å². The standard InChI is InChI=1S/C20H29N3O2/c1-5-6-9-12-23-13-15(14-10-7-8-11-16(14)23)19(25)22-17(18(21)24)20(2,3)4/h7-8,10-11,13,17H,5-6,9,12H2,1-4H3,(H2,21,24)(H,22,25)/t17-/m1/s1. The van der Waals surface area contributed by atoms with Crippen LogP contribution in [0.1, 0.15) is 57.3 Å². The van der Waals surface area contributed by atoms with E-state index < -0.39 is 17.4 Å². The molecule has 2 aromatic rings. The Morgan fingerprint density at radius 1 is 1.20 bits per heavy atom. The number of para-hydroxylation sites is 1. The van der Waals surface area contributed by atoms with Crippen molar-refractivity contribution in [3.63, 3.8) is 0 Å². The van der Waals surface area contributed by atoms with E-state index in [0.717, 1.165) is 36.7 Å². The molecule has 1 heterocycles. The van der Waals surface area contributed by atoms with E-state index in [1.165, 1.54) is 0 Å². The molecule has 0 spiro atoms. The number of aromatic nitrogens is 1. The van der Waals surface area contributed by atoms with Crippen LogP contribution in [0.3, 0.4) is 0 Å². The number of carbonyl (C=O) groups is 2. The van der Waals surface area contributed by atoms with Gasteiger partial charge in [0.05, 0.1) is 5.56 Å². The lowest BCUT2D eigenvalue weighted by Crippen LogP contribution is -2.52. The Labute approximate surface area is 149 Å². The minimum absolute atomic E-state index is 0.260. The minimum atomic E-state index is -0.720. The van der Waals surface area contributed by atoms with Gasteiger partial charge in [0.2, 0.25) is 5.91 Å². The monoisotopic (exact) mass is 343 g/mol. The molecule has 1 aromatic carbocycles. The number of carbonyl (C=O) groups excluding carboxylic acids is 2. The molecule has 5 heteroatoms. The summed E-state index contributed by atoms with van der Waals surface area (Å²) in [4.78, 5) is 24.6. The van der Waals surface area contributed by atoms with Gasteiger partial charge in [-0.3, -0.25) is 9.59 Å². The predicted molar refractivity (Wildman–Crippen MR) is 101 cm³/mol. The first-order valence-corrected chi connectivity index (χ1v) is 8.93. The lowest BCUT2D eigenvalue weighted by Gasteiger charge is -2.28. The fraction of sp³-hybridized carbons (Fsp3) is 0.500. The fourth-order valence-corrected chi connectivity index (χ4v) is 3.07. The maximum absolute atomic E-state index is 12.8. The molecule has 0 aliphatic rings. The average Bonchev–Trinajstić information content (AvgIpc) is 2.90. The number of hydrogen-bond donors (Lipinski definition) is 2. The molecule has 0 unspecified atom stereocenters. The van der Waals surface area contributed by atoms with Crippen LogP contribution in [0.2, 0.25) is 0 Å². The van der Waals surface area contributed by atoms with E-state index in [0.29, 0.717) is 5.56 Å². The lowest BCUT2D eigenvalue weighted by atomic mass is 9.86. The number of unbranched alkanes of at least 4 members (excludes halogenated alkanes) is 2. The number of amides is 2. The summed E-state index contributed by atoms with van der Waals surface area (Å²) in [6.07, 6.45) is 5.26. The van der Waals surface area contributed by atoms with Gasteiger partial charge in [-0.05, 0) is 17.9 Å². The van der Waals surface area contributed by atoms with Gasteiger partial charge in [0, 0.05) is 23.6 Å². The Morgan fingerprint density at radius 3 is 2.48 bits per heavy atom. The highest BCUT2D eigenvalue weighted by atomic mass is 16.2. The largest absolute Gasteiger partial charge is 0.368 e. The Hall–Kier alpha value is -2.30. The van der Waals surface area contributed by atoms with Crippen LogP contribution >= 0.6 is 0 Å². The van der Waals surface area contributed by atoms with Crippen molar-refractivity contribution in [2.75, 3.05) is 0 Å². The summed E-state index contributed by atoms with van der Waals surface area (Å²) in [5.74, 6) is -0.781. The van der Waals surface area contributed by atoms with Crippen molar-refractivity contribution in [3.8, 4) is 0 Å². The van der Waals surface area contributed by atoms with E-state index >= 15 is 0 Å². The van der Waals surface area contributed by atoms with Crippen LogP contribution in [0, 0.1) is 5.41 Å². The number of primary amides is 1. The SMILES string of the molecule is CCCCCn1cc(C(=O)N[C@H](C(N)=O)C(C)(C)C)c2ccccc21. The van der Waals surface area contributed by atoms with E-state index in [9.17, 15) is 9.59 Å². The fourth-order valence-electron chi connectivity index (χ4n) is 3.07. The summed E-state index contributed by atoms with van der Waals surface area (Å²) in [5.41, 5.74) is 6.67. The van der Waals surface area contributed by atoms with Gasteiger partial charge in [-0.2, -0.15) is 0 Å². The van der Waals surface area contributed by atoms with E-state index in [2.05, 4.69) is 16.8 Å². The molecule has 0 fully saturated rings. The van der Waals surface area contributed by atoms with Crippen molar-refractivity contribution in [2.24, 2.45) is 11.1 Å². The lowest BCUT2D eigenvalue weighted by molar-refractivity contribution is -0.122. The molecule has 5 nitrogen and oxygen atoms in total. The molecule has 25 heavy (non-hydrogen) atoms. The Balaban J connectivity index is 2.33. The summed E-state index contributed by atoms with van der Waals surface area (Å²) in [6, 6.07) is 7.14. The number of fused-ring (bicyclic) bond motifs is 1. The van der Waals surface area contributed by atoms with Crippen LogP contribution in [-0.2, 0) is 11.3 Å². The Morgan fingerprint density at radius 2 is 1.88 bits per heavy atom. The summed E-state index contributed by atoms with van der Waals surface area (Å²) in [6.45, 7) is 8.70. The third kappa shape index (κ3) is 4.41. The third-order valence-electron chi connectivity index (χ3n) is 4.46. The smallest absolute Gasteiger partial charge is 0.254 e. The molecule has 0 aliphatic heterocycles. The number of hydrogen-bond acceptors (Lipinski definition) is 2. The molecule has 0 aliphatic carbocycles. The van der Waals surface area contributed by atoms with Gasteiger partial charge in [-0.1, -0.05) is 58.7 Å². The predicted octanol–water partition coefficient (Wildman–Crippen LogP) is 3.46. The van der Waals surface area contributed by atoms with Crippen molar-refractivity contribution in [1.82, 2.24) is 9.88 Å². The van der Waals surface area contributed by atoms with Crippen LogP contribution in [0.25, 0.3) is 10.9 Å². The second-order valence-electron chi connectivity index (χ2n) is 7.64. The topological polar surface area (TPSA) is 77.1 Å². The van der Waals surface area contributed by atoms with Gasteiger partial charge in [0.1, 0.15) is 6.04 Å². The van der Waals surface area contributed by atoms with Crippen molar-refractivity contribution < 1.29 is 9.59 Å². The zero-order chi connectivity index (χ0) is 18.6. The Bertz CT molecular complexity index is 756. The molecule has 2 rings (SSSR count). The first-order valence-electron chi connectivity index (χ1n) is 8.93. The second-order valence-corrected chi connectivity index (χ2v) is 7.64. The molecule has 0 saturated carbocycles. The molecule has 3 N–H and O–H groups in total. The summed E-state index contributed by atoms with van der Waals surface area (Å²) >= 11 is 0. The van der Waals surface area contributed by atoms with Crippen molar-refractivity contribution >= 4 is 22.7 Å². The summed E-state index contributed by atoms with van der Waals surface area (Å²) < 4.78 is 2.12. The van der Waals surface area contributed by atoms with Crippen LogP contribution in [-0.4, -0.2) is 22.4 Å². The number of benzene rings is 1. The molecule has 0 radical (unpaired) electrons. The molecule has 0 bridgehead atoms. The molecule has 1 atom stereocenters. The quantitative estimate of drug-likeness (QED) is 0.755. The van der Waals surface area contributed by atoms with Crippen LogP contribution < -0.4 is 11.1 Å². The number of rotatable bonds is 7. The first-order chi connectivity index (χ1) is 11.8. The molecule has 136 valence electrons. The maximum Gasteiger partial charge on any atom is 0.254 e. The van der Waals surface area contributed by atoms with Crippen LogP contribution in [0.4, 0.5) is 0 Å². The molecule has 2 amide bonds. The molecular formula is C20H29N3O2. The normalized spacial score (nSPS) is 13.0. The van der Waals surface area contributed by atoms with Gasteiger partial charge in [0.15, 0.2) is 0 Å². The Kier molecular flexibility index (Phi) is 5.88. The third-order valence-corrected chi connectivity index (χ3v) is 4.46. The second kappa shape index (κ2) is 7.72. The van der Waals surface area contributed by atoms with E-state index in [-0.39, 0.29) is 5.91 Å². The van der Waals surface area contributed by atoms with Crippen molar-refractivity contribution in [1.29, 1.82) is 0 Å². The highest BCUT2D eigenvalue weighted by molar-refractivity contribution is 6.08. The number of nitrogens with two attached hydrogens (primary N) is 1. The molecular weight excluding hydrogens is 314 g/mol. The van der Waals surface area contributed by atoms with Gasteiger partial charge in [-0.25, -0.2) is 0 Å². The minimum Gasteiger partial charge on any atom is -0.368 e.